The van der Waals surface area contributed by atoms with Crippen molar-refractivity contribution in [1.29, 1.82) is 0 Å². The van der Waals surface area contributed by atoms with Crippen molar-refractivity contribution in [2.45, 2.75) is 19.4 Å². The Morgan fingerprint density at radius 2 is 2.04 bits per heavy atom. The average Bonchev–Trinajstić information content (AvgIpc) is 3.09. The predicted molar refractivity (Wildman–Crippen MR) is 102 cm³/mol. The van der Waals surface area contributed by atoms with Gasteiger partial charge in [0, 0.05) is 50.7 Å². The molecule has 23 heavy (non-hydrogen) atoms. The Morgan fingerprint density at radius 3 is 2.70 bits per heavy atom. The van der Waals surface area contributed by atoms with Crippen molar-refractivity contribution in [3.63, 3.8) is 0 Å². The van der Waals surface area contributed by atoms with Gasteiger partial charge in [-0.05, 0) is 29.1 Å². The fourth-order valence-corrected chi connectivity index (χ4v) is 3.06. The maximum Gasteiger partial charge on any atom is 0.191 e. The van der Waals surface area contributed by atoms with Crippen molar-refractivity contribution >= 4 is 23.0 Å². The number of rotatable bonds is 6. The van der Waals surface area contributed by atoms with E-state index in [9.17, 15) is 0 Å². The summed E-state index contributed by atoms with van der Waals surface area (Å²) < 4.78 is 0. The lowest BCUT2D eigenvalue weighted by Gasteiger charge is -2.16. The van der Waals surface area contributed by atoms with Crippen molar-refractivity contribution < 1.29 is 0 Å². The van der Waals surface area contributed by atoms with Crippen LogP contribution in [0.15, 0.2) is 46.8 Å². The second-order valence-corrected chi connectivity index (χ2v) is 6.77. The number of hydrogen-bond donors (Lipinski definition) is 2. The average molecular weight is 331 g/mol. The third-order valence-electron chi connectivity index (χ3n) is 3.72. The van der Waals surface area contributed by atoms with E-state index in [0.717, 1.165) is 19.0 Å². The van der Waals surface area contributed by atoms with E-state index in [1.807, 2.05) is 0 Å². The Hall–Kier alpha value is -2.01. The lowest BCUT2D eigenvalue weighted by Crippen LogP contribution is -2.38. The number of hydrogen-bond acceptors (Lipinski definition) is 3. The molecule has 0 aliphatic heterocycles. The first-order valence-corrected chi connectivity index (χ1v) is 8.72. The first-order chi connectivity index (χ1) is 11.1. The molecule has 0 bridgehead atoms. The number of thiophene rings is 1. The molecule has 0 fully saturated rings. The van der Waals surface area contributed by atoms with Gasteiger partial charge in [-0.2, -0.15) is 0 Å². The van der Waals surface area contributed by atoms with Crippen LogP contribution in [0.25, 0.3) is 0 Å². The largest absolute Gasteiger partial charge is 0.378 e. The first-order valence-electron chi connectivity index (χ1n) is 7.84. The third kappa shape index (κ3) is 5.28. The first kappa shape index (κ1) is 17.3. The van der Waals surface area contributed by atoms with Crippen LogP contribution in [0.1, 0.15) is 23.3 Å². The summed E-state index contributed by atoms with van der Waals surface area (Å²) in [4.78, 5) is 7.81. The van der Waals surface area contributed by atoms with Crippen molar-refractivity contribution in [3.8, 4) is 0 Å². The normalized spacial score (nSPS) is 12.8. The fourth-order valence-electron chi connectivity index (χ4n) is 2.27. The Bertz CT molecular complexity index is 620. The van der Waals surface area contributed by atoms with Gasteiger partial charge in [-0.3, -0.25) is 4.99 Å². The summed E-state index contributed by atoms with van der Waals surface area (Å²) in [5.41, 5.74) is 2.45. The molecule has 1 aromatic heterocycles. The van der Waals surface area contributed by atoms with Gasteiger partial charge in [-0.15, -0.1) is 11.3 Å². The van der Waals surface area contributed by atoms with Gasteiger partial charge in [0.2, 0.25) is 0 Å². The summed E-state index contributed by atoms with van der Waals surface area (Å²) in [7, 11) is 5.92. The van der Waals surface area contributed by atoms with Crippen LogP contribution in [0, 0.1) is 0 Å². The summed E-state index contributed by atoms with van der Waals surface area (Å²) in [5, 5.41) is 8.90. The maximum absolute atomic E-state index is 4.30. The topological polar surface area (TPSA) is 39.7 Å². The molecule has 0 saturated heterocycles. The van der Waals surface area contributed by atoms with Crippen LogP contribution in [0.2, 0.25) is 0 Å². The second-order valence-electron chi connectivity index (χ2n) is 5.79. The summed E-state index contributed by atoms with van der Waals surface area (Å²) in [6, 6.07) is 12.8. The molecule has 1 heterocycles. The third-order valence-corrected chi connectivity index (χ3v) is 4.82. The molecule has 1 atom stereocenters. The molecule has 2 rings (SSSR count). The molecule has 2 aromatic rings. The maximum atomic E-state index is 4.30. The molecule has 0 amide bonds. The lowest BCUT2D eigenvalue weighted by molar-refractivity contribution is 0.708. The highest BCUT2D eigenvalue weighted by Crippen LogP contribution is 2.19. The number of guanidine groups is 1. The van der Waals surface area contributed by atoms with Crippen LogP contribution >= 0.6 is 11.3 Å². The Balaban J connectivity index is 1.84. The van der Waals surface area contributed by atoms with Crippen molar-refractivity contribution in [2.75, 3.05) is 32.6 Å². The number of benzene rings is 1. The highest BCUT2D eigenvalue weighted by Gasteiger charge is 2.07. The minimum Gasteiger partial charge on any atom is -0.378 e. The zero-order chi connectivity index (χ0) is 16.7. The molecule has 2 N–H and O–H groups in total. The van der Waals surface area contributed by atoms with Crippen molar-refractivity contribution in [1.82, 2.24) is 10.6 Å². The van der Waals surface area contributed by atoms with Crippen LogP contribution in [0.4, 0.5) is 5.69 Å². The summed E-state index contributed by atoms with van der Waals surface area (Å²) in [6.45, 7) is 3.86. The van der Waals surface area contributed by atoms with Gasteiger partial charge >= 0.3 is 0 Å². The van der Waals surface area contributed by atoms with E-state index in [0.29, 0.717) is 5.92 Å². The molecule has 124 valence electrons. The number of aliphatic imine (C=N–C) groups is 1. The molecule has 4 nitrogen and oxygen atoms in total. The predicted octanol–water partition coefficient (Wildman–Crippen LogP) is 3.28. The molecule has 1 aromatic carbocycles. The van der Waals surface area contributed by atoms with E-state index in [4.69, 9.17) is 0 Å². The smallest absolute Gasteiger partial charge is 0.191 e. The lowest BCUT2D eigenvalue weighted by atomic mass is 10.1. The summed E-state index contributed by atoms with van der Waals surface area (Å²) in [6.07, 6.45) is 0. The quantitative estimate of drug-likeness (QED) is 0.631. The van der Waals surface area contributed by atoms with Crippen LogP contribution in [-0.2, 0) is 6.54 Å². The van der Waals surface area contributed by atoms with Crippen LogP contribution in [-0.4, -0.2) is 33.6 Å². The van der Waals surface area contributed by atoms with Gasteiger partial charge in [-0.1, -0.05) is 25.1 Å². The van der Waals surface area contributed by atoms with Crippen molar-refractivity contribution in [3.05, 3.63) is 52.2 Å². The van der Waals surface area contributed by atoms with Crippen LogP contribution in [0.5, 0.6) is 0 Å². The minimum absolute atomic E-state index is 0.477. The minimum atomic E-state index is 0.477. The zero-order valence-corrected chi connectivity index (χ0v) is 15.2. The second kappa shape index (κ2) is 8.58. The van der Waals surface area contributed by atoms with E-state index in [1.54, 1.807) is 18.4 Å². The SMILES string of the molecule is CN=C(NCc1cccc(N(C)C)c1)NCC(C)c1cccs1. The van der Waals surface area contributed by atoms with Gasteiger partial charge in [0.25, 0.3) is 0 Å². The van der Waals surface area contributed by atoms with Crippen molar-refractivity contribution in [2.24, 2.45) is 4.99 Å². The van der Waals surface area contributed by atoms with Gasteiger partial charge in [0.05, 0.1) is 0 Å². The molecule has 0 aliphatic rings. The van der Waals surface area contributed by atoms with E-state index in [2.05, 4.69) is 83.3 Å². The Kier molecular flexibility index (Phi) is 6.47. The number of nitrogens with one attached hydrogen (secondary N) is 2. The Morgan fingerprint density at radius 1 is 1.22 bits per heavy atom. The summed E-state index contributed by atoms with van der Waals surface area (Å²) >= 11 is 1.80. The Labute approximate surface area is 143 Å². The van der Waals surface area contributed by atoms with E-state index in [1.165, 1.54) is 16.1 Å². The summed E-state index contributed by atoms with van der Waals surface area (Å²) in [5.74, 6) is 1.31. The number of nitrogens with zero attached hydrogens (tertiary/aromatic N) is 2. The van der Waals surface area contributed by atoms with E-state index >= 15 is 0 Å². The molecule has 0 saturated carbocycles. The number of anilines is 1. The van der Waals surface area contributed by atoms with E-state index in [-0.39, 0.29) is 0 Å². The molecule has 5 heteroatoms. The monoisotopic (exact) mass is 330 g/mol. The molecular weight excluding hydrogens is 304 g/mol. The van der Waals surface area contributed by atoms with Gasteiger partial charge < -0.3 is 15.5 Å². The zero-order valence-electron chi connectivity index (χ0n) is 14.3. The fraction of sp³-hybridized carbons (Fsp3) is 0.389. The van der Waals surface area contributed by atoms with Gasteiger partial charge in [-0.25, -0.2) is 0 Å². The standard InChI is InChI=1S/C18H26N4S/c1-14(17-9-6-10-23-17)12-20-18(19-2)21-13-15-7-5-8-16(11-15)22(3)4/h5-11,14H,12-13H2,1-4H3,(H2,19,20,21). The highest BCUT2D eigenvalue weighted by atomic mass is 32.1. The molecule has 0 radical (unpaired) electrons. The van der Waals surface area contributed by atoms with Gasteiger partial charge in [0.15, 0.2) is 5.96 Å². The molecule has 1 unspecified atom stereocenters. The molecular formula is C18H26N4S. The van der Waals surface area contributed by atoms with Crippen LogP contribution in [0.3, 0.4) is 0 Å². The van der Waals surface area contributed by atoms with E-state index < -0.39 is 0 Å². The van der Waals surface area contributed by atoms with Crippen LogP contribution < -0.4 is 15.5 Å². The van der Waals surface area contributed by atoms with Gasteiger partial charge in [0.1, 0.15) is 0 Å². The molecule has 0 aliphatic carbocycles. The molecule has 0 spiro atoms. The highest BCUT2D eigenvalue weighted by molar-refractivity contribution is 7.10.